The minimum atomic E-state index is -0.171. The van der Waals surface area contributed by atoms with Crippen LogP contribution in [0.4, 0.5) is 0 Å². The molecule has 5 heteroatoms. The summed E-state index contributed by atoms with van der Waals surface area (Å²) in [6, 6.07) is 14.9. The molecule has 0 saturated carbocycles. The summed E-state index contributed by atoms with van der Waals surface area (Å²) in [4.78, 5) is 11.8. The van der Waals surface area contributed by atoms with Crippen molar-refractivity contribution in [3.8, 4) is 11.5 Å². The highest BCUT2D eigenvalue weighted by atomic mass is 16.5. The van der Waals surface area contributed by atoms with Gasteiger partial charge in [0.15, 0.2) is 11.5 Å². The Kier molecular flexibility index (Phi) is 6.58. The van der Waals surface area contributed by atoms with E-state index in [9.17, 15) is 4.79 Å². The number of amides is 1. The molecule has 0 aliphatic carbocycles. The van der Waals surface area contributed by atoms with Gasteiger partial charge in [-0.15, -0.1) is 0 Å². The van der Waals surface area contributed by atoms with Crippen LogP contribution in [0, 0.1) is 0 Å². The highest BCUT2D eigenvalue weighted by Gasteiger charge is 2.05. The van der Waals surface area contributed by atoms with E-state index in [-0.39, 0.29) is 12.3 Å². The third kappa shape index (κ3) is 5.28. The SMILES string of the molecule is C=CCOc1ccc(/C=N/NC(=O)Cc2ccccc2)cc1OC. The van der Waals surface area contributed by atoms with Crippen LogP contribution in [0.5, 0.6) is 11.5 Å². The van der Waals surface area contributed by atoms with Crippen LogP contribution in [0.2, 0.25) is 0 Å². The van der Waals surface area contributed by atoms with Crippen LogP contribution < -0.4 is 14.9 Å². The van der Waals surface area contributed by atoms with Crippen LogP contribution in [0.25, 0.3) is 0 Å². The molecule has 5 nitrogen and oxygen atoms in total. The summed E-state index contributed by atoms with van der Waals surface area (Å²) in [5, 5.41) is 3.97. The maximum absolute atomic E-state index is 11.8. The Morgan fingerprint density at radius 2 is 2.00 bits per heavy atom. The quantitative estimate of drug-likeness (QED) is 0.461. The topological polar surface area (TPSA) is 59.9 Å². The molecule has 2 aromatic rings. The lowest BCUT2D eigenvalue weighted by Crippen LogP contribution is -2.19. The lowest BCUT2D eigenvalue weighted by atomic mass is 10.1. The van der Waals surface area contributed by atoms with Crippen molar-refractivity contribution in [3.05, 3.63) is 72.3 Å². The number of nitrogens with zero attached hydrogens (tertiary/aromatic N) is 1. The van der Waals surface area contributed by atoms with E-state index in [0.717, 1.165) is 11.1 Å². The molecule has 0 radical (unpaired) electrons. The van der Waals surface area contributed by atoms with E-state index in [1.165, 1.54) is 0 Å². The van der Waals surface area contributed by atoms with Crippen molar-refractivity contribution in [2.75, 3.05) is 13.7 Å². The van der Waals surface area contributed by atoms with Gasteiger partial charge in [0.1, 0.15) is 6.61 Å². The summed E-state index contributed by atoms with van der Waals surface area (Å²) in [6.07, 6.45) is 3.51. The molecule has 0 atom stereocenters. The summed E-state index contributed by atoms with van der Waals surface area (Å²) in [5.74, 6) is 1.05. The zero-order chi connectivity index (χ0) is 17.2. The van der Waals surface area contributed by atoms with E-state index in [1.807, 2.05) is 36.4 Å². The van der Waals surface area contributed by atoms with Gasteiger partial charge in [-0.2, -0.15) is 5.10 Å². The van der Waals surface area contributed by atoms with Gasteiger partial charge in [-0.05, 0) is 29.3 Å². The molecule has 1 amide bonds. The normalized spacial score (nSPS) is 10.4. The number of nitrogens with one attached hydrogen (secondary N) is 1. The average Bonchev–Trinajstić information content (AvgIpc) is 2.61. The van der Waals surface area contributed by atoms with Crippen molar-refractivity contribution in [1.82, 2.24) is 5.43 Å². The summed E-state index contributed by atoms with van der Waals surface area (Å²) in [6.45, 7) is 4.01. The number of rotatable bonds is 8. The van der Waals surface area contributed by atoms with Crippen molar-refractivity contribution in [2.24, 2.45) is 5.10 Å². The molecule has 2 rings (SSSR count). The molecule has 0 fully saturated rings. The van der Waals surface area contributed by atoms with Gasteiger partial charge in [0.25, 0.3) is 0 Å². The third-order valence-electron chi connectivity index (χ3n) is 3.15. The number of hydrogen-bond donors (Lipinski definition) is 1. The molecule has 124 valence electrons. The number of hydrazone groups is 1. The van der Waals surface area contributed by atoms with Crippen molar-refractivity contribution >= 4 is 12.1 Å². The lowest BCUT2D eigenvalue weighted by Gasteiger charge is -2.09. The van der Waals surface area contributed by atoms with Gasteiger partial charge in [-0.25, -0.2) is 5.43 Å². The van der Waals surface area contributed by atoms with E-state index in [2.05, 4.69) is 17.1 Å². The van der Waals surface area contributed by atoms with E-state index >= 15 is 0 Å². The molecule has 2 aromatic carbocycles. The van der Waals surface area contributed by atoms with E-state index in [1.54, 1.807) is 31.5 Å². The number of ether oxygens (including phenoxy) is 2. The van der Waals surface area contributed by atoms with Gasteiger partial charge in [0, 0.05) is 0 Å². The molecule has 0 aliphatic rings. The standard InChI is InChI=1S/C19H20N2O3/c1-3-11-24-17-10-9-16(12-18(17)23-2)14-20-21-19(22)13-15-7-5-4-6-8-15/h3-10,12,14H,1,11,13H2,2H3,(H,21,22)/b20-14+. The summed E-state index contributed by atoms with van der Waals surface area (Å²) in [7, 11) is 1.57. The van der Waals surface area contributed by atoms with E-state index in [0.29, 0.717) is 18.1 Å². The third-order valence-corrected chi connectivity index (χ3v) is 3.15. The Labute approximate surface area is 141 Å². The van der Waals surface area contributed by atoms with Crippen LogP contribution in [-0.2, 0) is 11.2 Å². The fourth-order valence-corrected chi connectivity index (χ4v) is 2.03. The van der Waals surface area contributed by atoms with Gasteiger partial charge in [-0.1, -0.05) is 43.0 Å². The van der Waals surface area contributed by atoms with Gasteiger partial charge in [0.2, 0.25) is 5.91 Å². The number of benzene rings is 2. The molecule has 0 bridgehead atoms. The smallest absolute Gasteiger partial charge is 0.244 e. The molecular formula is C19H20N2O3. The van der Waals surface area contributed by atoms with Gasteiger partial charge in [-0.3, -0.25) is 4.79 Å². The predicted molar refractivity (Wildman–Crippen MR) is 94.6 cm³/mol. The second-order valence-corrected chi connectivity index (χ2v) is 4.97. The molecular weight excluding hydrogens is 304 g/mol. The van der Waals surface area contributed by atoms with Crippen LogP contribution >= 0.6 is 0 Å². The van der Waals surface area contributed by atoms with Crippen LogP contribution in [-0.4, -0.2) is 25.8 Å². The Bertz CT molecular complexity index is 712. The fraction of sp³-hybridized carbons (Fsp3) is 0.158. The fourth-order valence-electron chi connectivity index (χ4n) is 2.03. The molecule has 0 unspecified atom stereocenters. The Morgan fingerprint density at radius 3 is 2.71 bits per heavy atom. The summed E-state index contributed by atoms with van der Waals surface area (Å²) >= 11 is 0. The van der Waals surface area contributed by atoms with Crippen LogP contribution in [0.3, 0.4) is 0 Å². The predicted octanol–water partition coefficient (Wildman–Crippen LogP) is 2.95. The second-order valence-electron chi connectivity index (χ2n) is 4.97. The number of methoxy groups -OCH3 is 1. The maximum atomic E-state index is 11.8. The van der Waals surface area contributed by atoms with Crippen molar-refractivity contribution < 1.29 is 14.3 Å². The lowest BCUT2D eigenvalue weighted by molar-refractivity contribution is -0.120. The van der Waals surface area contributed by atoms with Gasteiger partial charge >= 0.3 is 0 Å². The molecule has 24 heavy (non-hydrogen) atoms. The first-order valence-electron chi connectivity index (χ1n) is 7.50. The van der Waals surface area contributed by atoms with Crippen LogP contribution in [0.15, 0.2) is 66.3 Å². The highest BCUT2D eigenvalue weighted by Crippen LogP contribution is 2.27. The summed E-state index contributed by atoms with van der Waals surface area (Å²) < 4.78 is 10.8. The highest BCUT2D eigenvalue weighted by molar-refractivity contribution is 5.84. The molecule has 0 aromatic heterocycles. The molecule has 1 N–H and O–H groups in total. The Morgan fingerprint density at radius 1 is 1.21 bits per heavy atom. The number of carbonyl (C=O) groups is 1. The molecule has 0 aliphatic heterocycles. The van der Waals surface area contributed by atoms with Gasteiger partial charge in [0.05, 0.1) is 19.7 Å². The van der Waals surface area contributed by atoms with E-state index in [4.69, 9.17) is 9.47 Å². The minimum absolute atomic E-state index is 0.171. The number of carbonyl (C=O) groups excluding carboxylic acids is 1. The second kappa shape index (κ2) is 9.15. The minimum Gasteiger partial charge on any atom is -0.493 e. The molecule has 0 spiro atoms. The van der Waals surface area contributed by atoms with Crippen molar-refractivity contribution in [2.45, 2.75) is 6.42 Å². The Hall–Kier alpha value is -3.08. The molecule has 0 heterocycles. The summed E-state index contributed by atoms with van der Waals surface area (Å²) in [5.41, 5.74) is 4.24. The molecule has 0 saturated heterocycles. The zero-order valence-electron chi connectivity index (χ0n) is 13.6. The maximum Gasteiger partial charge on any atom is 0.244 e. The monoisotopic (exact) mass is 324 g/mol. The average molecular weight is 324 g/mol. The van der Waals surface area contributed by atoms with Gasteiger partial charge < -0.3 is 9.47 Å². The van der Waals surface area contributed by atoms with Crippen molar-refractivity contribution in [3.63, 3.8) is 0 Å². The van der Waals surface area contributed by atoms with E-state index < -0.39 is 0 Å². The van der Waals surface area contributed by atoms with Crippen LogP contribution in [0.1, 0.15) is 11.1 Å². The first-order valence-corrected chi connectivity index (χ1v) is 7.50. The number of hydrogen-bond acceptors (Lipinski definition) is 4. The first kappa shape index (κ1) is 17.3. The first-order chi connectivity index (χ1) is 11.7. The Balaban J connectivity index is 1.93. The zero-order valence-corrected chi connectivity index (χ0v) is 13.6. The largest absolute Gasteiger partial charge is 0.493 e. The van der Waals surface area contributed by atoms with Crippen molar-refractivity contribution in [1.29, 1.82) is 0 Å².